The minimum absolute atomic E-state index is 0.0557. The van der Waals surface area contributed by atoms with Gasteiger partial charge in [-0.1, -0.05) is 18.2 Å². The predicted octanol–water partition coefficient (Wildman–Crippen LogP) is 3.95. The van der Waals surface area contributed by atoms with Crippen molar-refractivity contribution < 1.29 is 32.2 Å². The van der Waals surface area contributed by atoms with Crippen LogP contribution in [0.15, 0.2) is 30.3 Å². The van der Waals surface area contributed by atoms with Crippen molar-refractivity contribution in [1.29, 1.82) is 0 Å². The van der Waals surface area contributed by atoms with Gasteiger partial charge in [0.25, 0.3) is 5.91 Å². The molecule has 3 aliphatic rings. The van der Waals surface area contributed by atoms with Crippen molar-refractivity contribution in [3.05, 3.63) is 74.2 Å². The summed E-state index contributed by atoms with van der Waals surface area (Å²) < 4.78 is 54.1. The largest absolute Gasteiger partial charge is 0.496 e. The zero-order chi connectivity index (χ0) is 32.3. The molecule has 0 bridgehead atoms. The maximum absolute atomic E-state index is 14.5. The molecule has 6 rings (SSSR count). The van der Waals surface area contributed by atoms with E-state index in [1.54, 1.807) is 25.1 Å². The van der Waals surface area contributed by atoms with Crippen LogP contribution in [0.1, 0.15) is 60.1 Å². The smallest absolute Gasteiger partial charge is 0.251 e. The molecular weight excluding hydrogens is 609 g/mol. The van der Waals surface area contributed by atoms with Crippen LogP contribution in [0.25, 0.3) is 24.0 Å². The van der Waals surface area contributed by atoms with Gasteiger partial charge in [0, 0.05) is 64.3 Å². The number of nitrogens with one attached hydrogen (secondary N) is 2. The van der Waals surface area contributed by atoms with E-state index in [9.17, 15) is 22.8 Å². The van der Waals surface area contributed by atoms with Crippen molar-refractivity contribution >= 4 is 36.2 Å². The summed E-state index contributed by atoms with van der Waals surface area (Å²) in [5, 5.41) is 6.32. The third-order valence-electron chi connectivity index (χ3n) is 8.85. The maximum atomic E-state index is 14.5. The number of benzene rings is 2. The Labute approximate surface area is 262 Å². The van der Waals surface area contributed by atoms with Gasteiger partial charge in [-0.3, -0.25) is 9.59 Å². The van der Waals surface area contributed by atoms with Crippen molar-refractivity contribution in [2.24, 2.45) is 11.7 Å². The molecule has 45 heavy (non-hydrogen) atoms. The molecule has 2 amide bonds. The van der Waals surface area contributed by atoms with Gasteiger partial charge in [0.15, 0.2) is 17.4 Å². The molecule has 2 aromatic carbocycles. The summed E-state index contributed by atoms with van der Waals surface area (Å²) in [5.74, 6) is -4.32. The maximum Gasteiger partial charge on any atom is 0.251 e. The van der Waals surface area contributed by atoms with Crippen LogP contribution in [-0.4, -0.2) is 42.9 Å². The molecule has 3 aromatic rings. The zero-order valence-corrected chi connectivity index (χ0v) is 25.5. The number of amides is 2. The monoisotopic (exact) mass is 640 g/mol. The van der Waals surface area contributed by atoms with Gasteiger partial charge in [0.2, 0.25) is 5.91 Å². The number of methoxy groups -OCH3 is 1. The molecule has 2 atom stereocenters. The molecule has 0 radical (unpaired) electrons. The average molecular weight is 641 g/mol. The molecule has 4 N–H and O–H groups in total. The van der Waals surface area contributed by atoms with E-state index < -0.39 is 39.7 Å². The lowest BCUT2D eigenvalue weighted by molar-refractivity contribution is -0.123. The lowest BCUT2D eigenvalue weighted by atomic mass is 9.82. The van der Waals surface area contributed by atoms with Crippen LogP contribution in [-0.2, 0) is 10.2 Å². The second-order valence-electron chi connectivity index (χ2n) is 12.2. The Kier molecular flexibility index (Phi) is 7.71. The number of aromatic nitrogens is 1. The van der Waals surface area contributed by atoms with Crippen LogP contribution < -0.4 is 36.3 Å². The number of carbonyl (C=O) groups is 2. The van der Waals surface area contributed by atoms with Crippen LogP contribution in [0, 0.1) is 17.6 Å². The van der Waals surface area contributed by atoms with Gasteiger partial charge in [-0.25, -0.2) is 18.2 Å². The highest BCUT2D eigenvalue weighted by molar-refractivity contribution is 6.31. The highest BCUT2D eigenvalue weighted by atomic mass is 35.5. The van der Waals surface area contributed by atoms with E-state index >= 15 is 0 Å². The Morgan fingerprint density at radius 1 is 1.24 bits per heavy atom. The first-order valence-electron chi connectivity index (χ1n) is 14.6. The summed E-state index contributed by atoms with van der Waals surface area (Å²) in [6, 6.07) is 7.15. The topological polar surface area (TPSA) is 116 Å². The van der Waals surface area contributed by atoms with Crippen molar-refractivity contribution in [1.82, 2.24) is 15.6 Å². The summed E-state index contributed by atoms with van der Waals surface area (Å²) in [6.45, 7) is 5.78. The number of carbonyl (C=O) groups excluding carboxylic acids is 2. The summed E-state index contributed by atoms with van der Waals surface area (Å²) >= 11 is 5.98. The molecule has 1 aromatic heterocycles. The molecular formula is C33H32ClF3N4O4. The number of alkyl halides is 1. The van der Waals surface area contributed by atoms with E-state index in [0.717, 1.165) is 18.9 Å². The molecule has 2 aliphatic carbocycles. The molecule has 2 saturated carbocycles. The number of rotatable bonds is 10. The molecule has 8 nitrogen and oxygen atoms in total. The van der Waals surface area contributed by atoms with Crippen LogP contribution in [0.5, 0.6) is 11.5 Å². The molecule has 0 unspecified atom stereocenters. The number of hydrogen-bond acceptors (Lipinski definition) is 6. The van der Waals surface area contributed by atoms with Crippen LogP contribution in [0.4, 0.5) is 13.2 Å². The molecule has 1 aliphatic heterocycles. The van der Waals surface area contributed by atoms with E-state index in [1.165, 1.54) is 19.4 Å². The number of nitrogens with zero attached hydrogens (tertiary/aromatic N) is 1. The fraction of sp³-hybridized carbons (Fsp3) is 0.364. The quantitative estimate of drug-likeness (QED) is 0.228. The first kappa shape index (κ1) is 30.8. The lowest BCUT2D eigenvalue weighted by Crippen LogP contribution is -2.40. The normalized spacial score (nSPS) is 20.6. The zero-order valence-electron chi connectivity index (χ0n) is 24.7. The molecule has 236 valence electrons. The Bertz CT molecular complexity index is 1820. The third-order valence-corrected chi connectivity index (χ3v) is 9.12. The predicted molar refractivity (Wildman–Crippen MR) is 163 cm³/mol. The van der Waals surface area contributed by atoms with E-state index in [0.29, 0.717) is 45.8 Å². The minimum atomic E-state index is -1.45. The summed E-state index contributed by atoms with van der Waals surface area (Å²) in [5.41, 5.74) is 6.24. The van der Waals surface area contributed by atoms with E-state index in [2.05, 4.69) is 17.2 Å². The molecule has 12 heteroatoms. The number of pyridine rings is 1. The average Bonchev–Trinajstić information content (AvgIpc) is 3.95. The van der Waals surface area contributed by atoms with Gasteiger partial charge in [0.1, 0.15) is 29.2 Å². The number of fused-ring (bicyclic) bond motifs is 1. The minimum Gasteiger partial charge on any atom is -0.496 e. The van der Waals surface area contributed by atoms with Gasteiger partial charge in [-0.15, -0.1) is 0 Å². The Balaban J connectivity index is 1.35. The number of hydrogen-bond donors (Lipinski definition) is 3. The first-order chi connectivity index (χ1) is 21.3. The van der Waals surface area contributed by atoms with Gasteiger partial charge in [0.05, 0.1) is 12.1 Å². The van der Waals surface area contributed by atoms with Crippen molar-refractivity contribution in [2.45, 2.75) is 49.7 Å². The van der Waals surface area contributed by atoms with Crippen LogP contribution in [0.2, 0.25) is 5.02 Å². The van der Waals surface area contributed by atoms with Gasteiger partial charge >= 0.3 is 0 Å². The first-order valence-corrected chi connectivity index (χ1v) is 15.0. The summed E-state index contributed by atoms with van der Waals surface area (Å²) in [6.07, 6.45) is 4.08. The molecule has 2 heterocycles. The van der Waals surface area contributed by atoms with Crippen molar-refractivity contribution in [3.63, 3.8) is 0 Å². The van der Waals surface area contributed by atoms with E-state index in [1.807, 2.05) is 0 Å². The van der Waals surface area contributed by atoms with E-state index in [-0.39, 0.29) is 42.0 Å². The summed E-state index contributed by atoms with van der Waals surface area (Å²) in [4.78, 5) is 30.9. The van der Waals surface area contributed by atoms with Gasteiger partial charge < -0.3 is 25.8 Å². The van der Waals surface area contributed by atoms with Crippen LogP contribution in [0.3, 0.4) is 0 Å². The second kappa shape index (κ2) is 11.3. The van der Waals surface area contributed by atoms with Gasteiger partial charge in [-0.05, 0) is 56.0 Å². The Morgan fingerprint density at radius 2 is 1.98 bits per heavy atom. The number of halogens is 4. The Morgan fingerprint density at radius 3 is 2.60 bits per heavy atom. The lowest BCUT2D eigenvalue weighted by Gasteiger charge is -2.22. The standard InChI is InChI=1S/C33H32ClF3N4O4/c1-16-20(13-40-33(37)6-7-33)8-19(11-26(16)44-3)30(42)39-14-21(17-4-5-17)25-12-22-29(45-15-32(22,2)31(38)43)28(41-25)18-9-23(34)27(36)24(35)10-18/h8-13,17,21,40H,1,4-7,14-15H2,2-3H3,(H2,38,43)(H,39,42)/b20-13-/t21-,32-/m0/s1. The van der Waals surface area contributed by atoms with E-state index in [4.69, 9.17) is 31.8 Å². The van der Waals surface area contributed by atoms with Crippen LogP contribution >= 0.6 is 11.6 Å². The van der Waals surface area contributed by atoms with Crippen molar-refractivity contribution in [3.8, 4) is 22.8 Å². The highest BCUT2D eigenvalue weighted by Crippen LogP contribution is 2.48. The van der Waals surface area contributed by atoms with Crippen molar-refractivity contribution in [2.75, 3.05) is 20.3 Å². The number of nitrogens with two attached hydrogens (primary N) is 1. The fourth-order valence-corrected chi connectivity index (χ4v) is 5.78. The SMILES string of the molecule is C=c1c(OC)cc(C(=O)NC[C@H](c2cc3c(c(-c4cc(F)c(F)c(Cl)c4)n2)OC[C@]3(C)C(N)=O)C2CC2)c/c1=C/NC1(F)CC1. The second-order valence-corrected chi connectivity index (χ2v) is 12.6. The number of ether oxygens (including phenoxy) is 2. The highest BCUT2D eigenvalue weighted by Gasteiger charge is 2.45. The molecule has 0 saturated heterocycles. The number of primary amides is 1. The van der Waals surface area contributed by atoms with Gasteiger partial charge in [-0.2, -0.15) is 0 Å². The summed E-state index contributed by atoms with van der Waals surface area (Å²) in [7, 11) is 1.46. The molecule has 2 fully saturated rings. The molecule has 0 spiro atoms. The fourth-order valence-electron chi connectivity index (χ4n) is 5.57. The Hall–Kier alpha value is -4.25. The third kappa shape index (κ3) is 5.81.